The van der Waals surface area contributed by atoms with Crippen molar-refractivity contribution in [2.45, 2.75) is 43.4 Å². The molecule has 2 heterocycles. The highest BCUT2D eigenvalue weighted by atomic mass is 32.2. The van der Waals surface area contributed by atoms with Gasteiger partial charge in [0.25, 0.3) is 0 Å². The molecule has 7 heteroatoms. The highest BCUT2D eigenvalue weighted by Crippen LogP contribution is 2.26. The summed E-state index contributed by atoms with van der Waals surface area (Å²) in [5.41, 5.74) is 0. The van der Waals surface area contributed by atoms with Crippen LogP contribution >= 0.6 is 0 Å². The number of carbonyl (C=O) groups is 1. The van der Waals surface area contributed by atoms with Crippen LogP contribution in [-0.4, -0.2) is 54.8 Å². The van der Waals surface area contributed by atoms with Gasteiger partial charge in [-0.05, 0) is 32.1 Å². The quantitative estimate of drug-likeness (QED) is 0.809. The van der Waals surface area contributed by atoms with E-state index < -0.39 is 27.3 Å². The standard InChI is InChI=1S/C11H19NO5S/c13-11(14)10-5-1-2-6-12(10)18(15,16)9-4-3-7-17-8-9/h9-10H,1-8H2,(H,13,14). The smallest absolute Gasteiger partial charge is 0.322 e. The fraction of sp³-hybridized carbons (Fsp3) is 0.909. The lowest BCUT2D eigenvalue weighted by molar-refractivity contribution is -0.142. The summed E-state index contributed by atoms with van der Waals surface area (Å²) < 4.78 is 31.3. The summed E-state index contributed by atoms with van der Waals surface area (Å²) in [5, 5.41) is 8.56. The highest BCUT2D eigenvalue weighted by Gasteiger charge is 2.41. The molecule has 104 valence electrons. The van der Waals surface area contributed by atoms with Crippen molar-refractivity contribution in [2.75, 3.05) is 19.8 Å². The Hall–Kier alpha value is -0.660. The minimum Gasteiger partial charge on any atom is -0.480 e. The number of nitrogens with zero attached hydrogens (tertiary/aromatic N) is 1. The van der Waals surface area contributed by atoms with Crippen LogP contribution in [0.5, 0.6) is 0 Å². The molecule has 2 aliphatic rings. The van der Waals surface area contributed by atoms with E-state index in [9.17, 15) is 13.2 Å². The lowest BCUT2D eigenvalue weighted by atomic mass is 10.1. The Kier molecular flexibility index (Phi) is 4.24. The Bertz CT molecular complexity index is 402. The second-order valence-corrected chi connectivity index (χ2v) is 7.01. The van der Waals surface area contributed by atoms with Crippen molar-refractivity contribution in [1.82, 2.24) is 4.31 Å². The third-order valence-corrected chi connectivity index (χ3v) is 5.91. The highest BCUT2D eigenvalue weighted by molar-refractivity contribution is 7.89. The van der Waals surface area contributed by atoms with Crippen molar-refractivity contribution in [3.63, 3.8) is 0 Å². The molecule has 0 aromatic carbocycles. The number of rotatable bonds is 3. The van der Waals surface area contributed by atoms with E-state index >= 15 is 0 Å². The second kappa shape index (κ2) is 5.54. The molecule has 1 N–H and O–H groups in total. The normalized spacial score (nSPS) is 31.1. The summed E-state index contributed by atoms with van der Waals surface area (Å²) in [7, 11) is -3.55. The molecule has 0 radical (unpaired) electrons. The van der Waals surface area contributed by atoms with E-state index in [2.05, 4.69) is 0 Å². The summed E-state index contributed by atoms with van der Waals surface area (Å²) in [6.07, 6.45) is 3.18. The Morgan fingerprint density at radius 2 is 2.00 bits per heavy atom. The lowest BCUT2D eigenvalue weighted by Gasteiger charge is -2.35. The van der Waals surface area contributed by atoms with Crippen LogP contribution in [0.15, 0.2) is 0 Å². The molecular formula is C11H19NO5S. The first kappa shape index (κ1) is 13.8. The lowest BCUT2D eigenvalue weighted by Crippen LogP contribution is -2.52. The van der Waals surface area contributed by atoms with E-state index in [0.717, 1.165) is 19.3 Å². The SMILES string of the molecule is O=C(O)C1CCCCN1S(=O)(=O)C1CCCOC1. The van der Waals surface area contributed by atoms with Crippen LogP contribution in [0.4, 0.5) is 0 Å². The average molecular weight is 277 g/mol. The van der Waals surface area contributed by atoms with Gasteiger partial charge < -0.3 is 9.84 Å². The van der Waals surface area contributed by atoms with Gasteiger partial charge in [-0.2, -0.15) is 4.31 Å². The van der Waals surface area contributed by atoms with Gasteiger partial charge in [0, 0.05) is 13.2 Å². The van der Waals surface area contributed by atoms with E-state index in [-0.39, 0.29) is 6.61 Å². The van der Waals surface area contributed by atoms with Crippen molar-refractivity contribution in [3.05, 3.63) is 0 Å². The maximum absolute atomic E-state index is 12.4. The van der Waals surface area contributed by atoms with Crippen LogP contribution in [0, 0.1) is 0 Å². The molecule has 0 bridgehead atoms. The number of hydrogen-bond donors (Lipinski definition) is 1. The summed E-state index contributed by atoms with van der Waals surface area (Å²) in [6, 6.07) is -0.898. The fourth-order valence-electron chi connectivity index (χ4n) is 2.59. The zero-order valence-electron chi connectivity index (χ0n) is 10.2. The largest absolute Gasteiger partial charge is 0.480 e. The number of sulfonamides is 1. The molecule has 2 unspecified atom stereocenters. The maximum atomic E-state index is 12.4. The molecule has 0 aromatic rings. The average Bonchev–Trinajstić information content (AvgIpc) is 2.39. The summed E-state index contributed by atoms with van der Waals surface area (Å²) in [4.78, 5) is 11.2. The van der Waals surface area contributed by atoms with Gasteiger partial charge in [0.05, 0.1) is 11.9 Å². The van der Waals surface area contributed by atoms with Crippen molar-refractivity contribution in [1.29, 1.82) is 0 Å². The third kappa shape index (κ3) is 2.67. The van der Waals surface area contributed by atoms with Crippen LogP contribution in [-0.2, 0) is 19.6 Å². The molecule has 6 nitrogen and oxygen atoms in total. The number of carboxylic acids is 1. The topological polar surface area (TPSA) is 83.9 Å². The van der Waals surface area contributed by atoms with Gasteiger partial charge in [-0.25, -0.2) is 8.42 Å². The van der Waals surface area contributed by atoms with Crippen molar-refractivity contribution >= 4 is 16.0 Å². The molecule has 2 atom stereocenters. The van der Waals surface area contributed by atoms with Crippen LogP contribution in [0.3, 0.4) is 0 Å². The molecule has 0 saturated carbocycles. The fourth-order valence-corrected chi connectivity index (χ4v) is 4.64. The maximum Gasteiger partial charge on any atom is 0.322 e. The van der Waals surface area contributed by atoms with Crippen LogP contribution in [0.2, 0.25) is 0 Å². The zero-order chi connectivity index (χ0) is 13.2. The van der Waals surface area contributed by atoms with Crippen molar-refractivity contribution in [3.8, 4) is 0 Å². The van der Waals surface area contributed by atoms with Gasteiger partial charge in [0.1, 0.15) is 6.04 Å². The van der Waals surface area contributed by atoms with E-state index in [1.807, 2.05) is 0 Å². The third-order valence-electron chi connectivity index (χ3n) is 3.61. The molecular weight excluding hydrogens is 258 g/mol. The van der Waals surface area contributed by atoms with E-state index in [1.54, 1.807) is 0 Å². The van der Waals surface area contributed by atoms with E-state index in [4.69, 9.17) is 9.84 Å². The number of ether oxygens (including phenoxy) is 1. The molecule has 0 amide bonds. The van der Waals surface area contributed by atoms with Gasteiger partial charge in [-0.3, -0.25) is 4.79 Å². The van der Waals surface area contributed by atoms with E-state index in [0.29, 0.717) is 26.0 Å². The van der Waals surface area contributed by atoms with Crippen LogP contribution in [0.1, 0.15) is 32.1 Å². The molecule has 0 aliphatic carbocycles. The Labute approximate surface area is 107 Å². The molecule has 2 fully saturated rings. The van der Waals surface area contributed by atoms with Crippen molar-refractivity contribution < 1.29 is 23.1 Å². The first-order valence-corrected chi connectivity index (χ1v) is 7.85. The number of hydrogen-bond acceptors (Lipinski definition) is 4. The van der Waals surface area contributed by atoms with Gasteiger partial charge in [0.2, 0.25) is 10.0 Å². The number of carboxylic acid groups (broad SMARTS) is 1. The monoisotopic (exact) mass is 277 g/mol. The summed E-state index contributed by atoms with van der Waals surface area (Å²) >= 11 is 0. The first-order chi connectivity index (χ1) is 8.53. The second-order valence-electron chi connectivity index (χ2n) is 4.84. The van der Waals surface area contributed by atoms with Gasteiger partial charge >= 0.3 is 5.97 Å². The van der Waals surface area contributed by atoms with Gasteiger partial charge in [-0.1, -0.05) is 0 Å². The number of aliphatic carboxylic acids is 1. The first-order valence-electron chi connectivity index (χ1n) is 6.34. The predicted molar refractivity (Wildman–Crippen MR) is 64.7 cm³/mol. The Morgan fingerprint density at radius 3 is 2.61 bits per heavy atom. The Balaban J connectivity index is 2.18. The van der Waals surface area contributed by atoms with Crippen LogP contribution < -0.4 is 0 Å². The van der Waals surface area contributed by atoms with Gasteiger partial charge in [-0.15, -0.1) is 0 Å². The minimum atomic E-state index is -3.55. The predicted octanol–water partition coefficient (Wildman–Crippen LogP) is 0.434. The number of piperidine rings is 1. The van der Waals surface area contributed by atoms with Gasteiger partial charge in [0.15, 0.2) is 0 Å². The molecule has 0 aromatic heterocycles. The minimum absolute atomic E-state index is 0.186. The summed E-state index contributed by atoms with van der Waals surface area (Å²) in [5.74, 6) is -1.05. The molecule has 18 heavy (non-hydrogen) atoms. The van der Waals surface area contributed by atoms with E-state index in [1.165, 1.54) is 4.31 Å². The van der Waals surface area contributed by atoms with Crippen molar-refractivity contribution in [2.24, 2.45) is 0 Å². The molecule has 0 spiro atoms. The molecule has 2 saturated heterocycles. The zero-order valence-corrected chi connectivity index (χ0v) is 11.1. The van der Waals surface area contributed by atoms with Crippen LogP contribution in [0.25, 0.3) is 0 Å². The Morgan fingerprint density at radius 1 is 1.22 bits per heavy atom. The molecule has 2 rings (SSSR count). The summed E-state index contributed by atoms with van der Waals surface area (Å²) in [6.45, 7) is 1.09. The molecule has 2 aliphatic heterocycles.